The molecule has 1 saturated carbocycles. The standard InChI is InChI=1S/C23H26N2O3/c1-28-19-8-6-16(7-9-19)10-12-24-22(26)20-14-21(20)23(27)25-13-11-17-4-2-3-5-18(17)15-25/h2-9,20-21H,10-15H2,1H3,(H,24,26). The maximum atomic E-state index is 12.8. The predicted molar refractivity (Wildman–Crippen MR) is 107 cm³/mol. The normalized spacial score (nSPS) is 20.2. The molecule has 2 atom stereocenters. The Morgan fingerprint density at radius 3 is 2.57 bits per heavy atom. The number of carbonyl (C=O) groups excluding carboxylic acids is 2. The van der Waals surface area contributed by atoms with E-state index in [1.807, 2.05) is 41.3 Å². The molecule has 2 aromatic rings. The van der Waals surface area contributed by atoms with E-state index in [-0.39, 0.29) is 23.7 Å². The van der Waals surface area contributed by atoms with Crippen LogP contribution >= 0.6 is 0 Å². The summed E-state index contributed by atoms with van der Waals surface area (Å²) in [6.45, 7) is 2.00. The number of nitrogens with one attached hydrogen (secondary N) is 1. The van der Waals surface area contributed by atoms with Crippen molar-refractivity contribution in [2.75, 3.05) is 20.2 Å². The van der Waals surface area contributed by atoms with Crippen molar-refractivity contribution in [3.05, 3.63) is 65.2 Å². The minimum atomic E-state index is -0.166. The lowest BCUT2D eigenvalue weighted by molar-refractivity contribution is -0.135. The van der Waals surface area contributed by atoms with Crippen molar-refractivity contribution in [1.82, 2.24) is 10.2 Å². The molecule has 1 heterocycles. The van der Waals surface area contributed by atoms with Gasteiger partial charge in [-0.3, -0.25) is 9.59 Å². The lowest BCUT2D eigenvalue weighted by atomic mass is 9.99. The smallest absolute Gasteiger partial charge is 0.226 e. The summed E-state index contributed by atoms with van der Waals surface area (Å²) in [5.41, 5.74) is 3.70. The van der Waals surface area contributed by atoms with E-state index < -0.39 is 0 Å². The number of hydrogen-bond donors (Lipinski definition) is 1. The zero-order valence-electron chi connectivity index (χ0n) is 16.2. The van der Waals surface area contributed by atoms with Gasteiger partial charge in [-0.25, -0.2) is 0 Å². The van der Waals surface area contributed by atoms with Crippen molar-refractivity contribution < 1.29 is 14.3 Å². The van der Waals surface area contributed by atoms with Gasteiger partial charge in [0, 0.05) is 19.6 Å². The Morgan fingerprint density at radius 1 is 1.07 bits per heavy atom. The first kappa shape index (κ1) is 18.5. The summed E-state index contributed by atoms with van der Waals surface area (Å²) in [4.78, 5) is 27.1. The molecule has 2 aliphatic rings. The summed E-state index contributed by atoms with van der Waals surface area (Å²) in [5, 5.41) is 2.98. The fourth-order valence-electron chi connectivity index (χ4n) is 3.93. The molecule has 0 saturated heterocycles. The summed E-state index contributed by atoms with van der Waals surface area (Å²) in [6.07, 6.45) is 2.34. The van der Waals surface area contributed by atoms with E-state index in [0.717, 1.165) is 30.7 Å². The molecule has 146 valence electrons. The molecule has 0 spiro atoms. The van der Waals surface area contributed by atoms with Gasteiger partial charge in [0.1, 0.15) is 5.75 Å². The zero-order chi connectivity index (χ0) is 19.5. The molecule has 2 amide bonds. The van der Waals surface area contributed by atoms with Crippen LogP contribution in [0, 0.1) is 11.8 Å². The average molecular weight is 378 g/mol. The molecule has 5 heteroatoms. The minimum Gasteiger partial charge on any atom is -0.497 e. The van der Waals surface area contributed by atoms with E-state index in [1.165, 1.54) is 11.1 Å². The van der Waals surface area contributed by atoms with Gasteiger partial charge >= 0.3 is 0 Å². The number of methoxy groups -OCH3 is 1. The highest BCUT2D eigenvalue weighted by molar-refractivity contribution is 5.92. The third-order valence-corrected chi connectivity index (χ3v) is 5.76. The molecule has 28 heavy (non-hydrogen) atoms. The molecule has 5 nitrogen and oxygen atoms in total. The number of carbonyl (C=O) groups is 2. The Kier molecular flexibility index (Phi) is 5.33. The van der Waals surface area contributed by atoms with Crippen LogP contribution in [0.3, 0.4) is 0 Å². The van der Waals surface area contributed by atoms with Crippen LogP contribution in [0.4, 0.5) is 0 Å². The number of fused-ring (bicyclic) bond motifs is 1. The second kappa shape index (κ2) is 8.05. The molecule has 0 radical (unpaired) electrons. The second-order valence-corrected chi connectivity index (χ2v) is 7.62. The quantitative estimate of drug-likeness (QED) is 0.841. The second-order valence-electron chi connectivity index (χ2n) is 7.62. The van der Waals surface area contributed by atoms with Crippen LogP contribution < -0.4 is 10.1 Å². The Bertz CT molecular complexity index is 862. The van der Waals surface area contributed by atoms with Crippen molar-refractivity contribution in [2.45, 2.75) is 25.8 Å². The number of ether oxygens (including phenoxy) is 1. The first-order valence-electron chi connectivity index (χ1n) is 9.92. The lowest BCUT2D eigenvalue weighted by Crippen LogP contribution is -2.38. The Morgan fingerprint density at radius 2 is 1.82 bits per heavy atom. The number of benzene rings is 2. The van der Waals surface area contributed by atoms with Gasteiger partial charge in [0.05, 0.1) is 18.9 Å². The first-order valence-corrected chi connectivity index (χ1v) is 9.92. The van der Waals surface area contributed by atoms with E-state index in [9.17, 15) is 9.59 Å². The van der Waals surface area contributed by atoms with Gasteiger partial charge in [-0.1, -0.05) is 36.4 Å². The largest absolute Gasteiger partial charge is 0.497 e. The van der Waals surface area contributed by atoms with E-state index in [4.69, 9.17) is 4.74 Å². The van der Waals surface area contributed by atoms with Crippen molar-refractivity contribution in [3.63, 3.8) is 0 Å². The molecule has 2 aromatic carbocycles. The maximum absolute atomic E-state index is 12.8. The molecule has 4 rings (SSSR count). The molecule has 1 fully saturated rings. The van der Waals surface area contributed by atoms with Gasteiger partial charge in [-0.2, -0.15) is 0 Å². The number of hydrogen-bond acceptors (Lipinski definition) is 3. The highest BCUT2D eigenvalue weighted by Gasteiger charge is 2.49. The van der Waals surface area contributed by atoms with Crippen LogP contribution in [0.2, 0.25) is 0 Å². The summed E-state index contributed by atoms with van der Waals surface area (Å²) in [7, 11) is 1.64. The summed E-state index contributed by atoms with van der Waals surface area (Å²) in [5.74, 6) is 0.647. The van der Waals surface area contributed by atoms with E-state index in [0.29, 0.717) is 19.5 Å². The van der Waals surface area contributed by atoms with Gasteiger partial charge in [-0.15, -0.1) is 0 Å². The predicted octanol–water partition coefficient (Wildman–Crippen LogP) is 2.57. The van der Waals surface area contributed by atoms with Crippen molar-refractivity contribution in [1.29, 1.82) is 0 Å². The topological polar surface area (TPSA) is 58.6 Å². The Balaban J connectivity index is 1.23. The highest BCUT2D eigenvalue weighted by Crippen LogP contribution is 2.40. The Hall–Kier alpha value is -2.82. The van der Waals surface area contributed by atoms with Gasteiger partial charge < -0.3 is 15.0 Å². The minimum absolute atomic E-state index is 0.00395. The van der Waals surface area contributed by atoms with E-state index in [1.54, 1.807) is 7.11 Å². The van der Waals surface area contributed by atoms with Gasteiger partial charge in [-0.05, 0) is 48.1 Å². The lowest BCUT2D eigenvalue weighted by Gasteiger charge is -2.29. The van der Waals surface area contributed by atoms with Crippen LogP contribution in [-0.2, 0) is 29.0 Å². The number of nitrogens with zero attached hydrogens (tertiary/aromatic N) is 1. The summed E-state index contributed by atoms with van der Waals surface area (Å²) >= 11 is 0. The van der Waals surface area contributed by atoms with Crippen LogP contribution in [0.25, 0.3) is 0 Å². The third kappa shape index (κ3) is 4.03. The van der Waals surface area contributed by atoms with Crippen LogP contribution in [-0.4, -0.2) is 36.9 Å². The molecular weight excluding hydrogens is 352 g/mol. The van der Waals surface area contributed by atoms with Crippen LogP contribution in [0.15, 0.2) is 48.5 Å². The average Bonchev–Trinajstić information content (AvgIpc) is 3.54. The van der Waals surface area contributed by atoms with E-state index in [2.05, 4.69) is 17.4 Å². The number of amides is 2. The van der Waals surface area contributed by atoms with Crippen LogP contribution in [0.1, 0.15) is 23.1 Å². The fourth-order valence-corrected chi connectivity index (χ4v) is 3.93. The molecule has 0 aromatic heterocycles. The zero-order valence-corrected chi connectivity index (χ0v) is 16.2. The molecule has 1 aliphatic heterocycles. The Labute approximate surface area is 165 Å². The monoisotopic (exact) mass is 378 g/mol. The van der Waals surface area contributed by atoms with Gasteiger partial charge in [0.2, 0.25) is 11.8 Å². The molecular formula is C23H26N2O3. The SMILES string of the molecule is COc1ccc(CCNC(=O)C2CC2C(=O)N2CCc3ccccc3C2)cc1. The highest BCUT2D eigenvalue weighted by atomic mass is 16.5. The maximum Gasteiger partial charge on any atom is 0.226 e. The molecule has 0 bridgehead atoms. The van der Waals surface area contributed by atoms with E-state index >= 15 is 0 Å². The van der Waals surface area contributed by atoms with Gasteiger partial charge in [0.15, 0.2) is 0 Å². The van der Waals surface area contributed by atoms with Crippen molar-refractivity contribution >= 4 is 11.8 Å². The fraction of sp³-hybridized carbons (Fsp3) is 0.391. The van der Waals surface area contributed by atoms with Gasteiger partial charge in [0.25, 0.3) is 0 Å². The molecule has 1 aliphatic carbocycles. The van der Waals surface area contributed by atoms with Crippen LogP contribution in [0.5, 0.6) is 5.75 Å². The number of rotatable bonds is 6. The molecule has 1 N–H and O–H groups in total. The molecule has 2 unspecified atom stereocenters. The first-order chi connectivity index (χ1) is 13.7. The summed E-state index contributed by atoms with van der Waals surface area (Å²) in [6, 6.07) is 16.1. The van der Waals surface area contributed by atoms with Crippen molar-refractivity contribution in [2.24, 2.45) is 11.8 Å². The summed E-state index contributed by atoms with van der Waals surface area (Å²) < 4.78 is 5.15. The third-order valence-electron chi connectivity index (χ3n) is 5.76. The van der Waals surface area contributed by atoms with Crippen molar-refractivity contribution in [3.8, 4) is 5.75 Å².